The Morgan fingerprint density at radius 3 is 2.76 bits per heavy atom. The summed E-state index contributed by atoms with van der Waals surface area (Å²) in [4.78, 5) is 11.6. The molecule has 2 rings (SSSR count). The minimum Gasteiger partial charge on any atom is -0.479 e. The highest BCUT2D eigenvalue weighted by atomic mass is 16.5. The summed E-state index contributed by atoms with van der Waals surface area (Å²) in [5, 5.41) is 14.8. The van der Waals surface area contributed by atoms with Crippen LogP contribution in [-0.4, -0.2) is 25.1 Å². The van der Waals surface area contributed by atoms with Gasteiger partial charge in [-0.15, -0.1) is 0 Å². The van der Waals surface area contributed by atoms with E-state index in [1.54, 1.807) is 0 Å². The minimum atomic E-state index is 0.0588. The van der Waals surface area contributed by atoms with E-state index in [1.165, 1.54) is 0 Å². The Balaban J connectivity index is 1.70. The summed E-state index contributed by atoms with van der Waals surface area (Å²) in [5.74, 6) is 0.814. The van der Waals surface area contributed by atoms with Crippen molar-refractivity contribution in [3.8, 4) is 11.8 Å². The number of carbonyl (C=O) groups is 1. The highest BCUT2D eigenvalue weighted by Gasteiger charge is 2.22. The second-order valence-corrected chi connectivity index (χ2v) is 5.28. The van der Waals surface area contributed by atoms with Crippen LogP contribution >= 0.6 is 0 Å². The SMILES string of the molecule is CC(NCCC(=O)NC1CC1)c1ccc(OCC#N)cc1. The highest BCUT2D eigenvalue weighted by Crippen LogP contribution is 2.19. The fourth-order valence-electron chi connectivity index (χ4n) is 2.02. The molecule has 1 amide bonds. The summed E-state index contributed by atoms with van der Waals surface area (Å²) in [7, 11) is 0. The zero-order chi connectivity index (χ0) is 15.1. The van der Waals surface area contributed by atoms with Gasteiger partial charge in [-0.2, -0.15) is 5.26 Å². The molecule has 1 atom stereocenters. The summed E-state index contributed by atoms with van der Waals surface area (Å²) >= 11 is 0. The molecular formula is C16H21N3O2. The molecule has 1 aromatic rings. The summed E-state index contributed by atoms with van der Waals surface area (Å²) in [6.45, 7) is 2.78. The molecule has 2 N–H and O–H groups in total. The number of nitrogens with zero attached hydrogens (tertiary/aromatic N) is 1. The van der Waals surface area contributed by atoms with E-state index in [0.717, 1.165) is 18.4 Å². The molecule has 5 heteroatoms. The Labute approximate surface area is 125 Å². The number of hydrogen-bond donors (Lipinski definition) is 2. The van der Waals surface area contributed by atoms with Gasteiger partial charge in [-0.1, -0.05) is 12.1 Å². The molecule has 1 aromatic carbocycles. The third-order valence-corrected chi connectivity index (χ3v) is 3.43. The fraction of sp³-hybridized carbons (Fsp3) is 0.500. The Hall–Kier alpha value is -2.06. The standard InChI is InChI=1S/C16H21N3O2/c1-12(18-10-8-16(20)19-14-4-5-14)13-2-6-15(7-3-13)21-11-9-17/h2-3,6-7,12,14,18H,4-5,8,10-11H2,1H3,(H,19,20). The van der Waals surface area contributed by atoms with Gasteiger partial charge in [-0.3, -0.25) is 4.79 Å². The maximum absolute atomic E-state index is 11.6. The smallest absolute Gasteiger partial charge is 0.221 e. The molecule has 1 fully saturated rings. The van der Waals surface area contributed by atoms with E-state index >= 15 is 0 Å². The summed E-state index contributed by atoms with van der Waals surface area (Å²) in [6.07, 6.45) is 2.75. The third kappa shape index (κ3) is 5.44. The van der Waals surface area contributed by atoms with Crippen LogP contribution in [0.15, 0.2) is 24.3 Å². The molecule has 1 unspecified atom stereocenters. The van der Waals surface area contributed by atoms with Gasteiger partial charge in [0.2, 0.25) is 5.91 Å². The molecule has 0 heterocycles. The molecule has 1 saturated carbocycles. The maximum Gasteiger partial charge on any atom is 0.221 e. The molecule has 1 aliphatic carbocycles. The quantitative estimate of drug-likeness (QED) is 0.766. The van der Waals surface area contributed by atoms with Gasteiger partial charge in [0.05, 0.1) is 0 Å². The Morgan fingerprint density at radius 2 is 2.14 bits per heavy atom. The van der Waals surface area contributed by atoms with Crippen molar-refractivity contribution in [1.82, 2.24) is 10.6 Å². The molecule has 0 radical (unpaired) electrons. The molecule has 0 bridgehead atoms. The van der Waals surface area contributed by atoms with E-state index in [0.29, 0.717) is 24.8 Å². The van der Waals surface area contributed by atoms with Crippen molar-refractivity contribution < 1.29 is 9.53 Å². The van der Waals surface area contributed by atoms with Crippen LogP contribution in [-0.2, 0) is 4.79 Å². The van der Waals surface area contributed by atoms with Crippen LogP contribution in [0.25, 0.3) is 0 Å². The summed E-state index contributed by atoms with van der Waals surface area (Å²) < 4.78 is 5.21. The van der Waals surface area contributed by atoms with E-state index in [1.807, 2.05) is 30.3 Å². The maximum atomic E-state index is 11.6. The normalized spacial score (nSPS) is 15.0. The highest BCUT2D eigenvalue weighted by molar-refractivity contribution is 5.76. The van der Waals surface area contributed by atoms with E-state index in [4.69, 9.17) is 10.00 Å². The van der Waals surface area contributed by atoms with Crippen molar-refractivity contribution in [2.75, 3.05) is 13.2 Å². The minimum absolute atomic E-state index is 0.0588. The van der Waals surface area contributed by atoms with Crippen LogP contribution in [0.1, 0.15) is 37.8 Å². The van der Waals surface area contributed by atoms with Crippen LogP contribution < -0.4 is 15.4 Å². The number of benzene rings is 1. The lowest BCUT2D eigenvalue weighted by Crippen LogP contribution is -2.30. The summed E-state index contributed by atoms with van der Waals surface area (Å²) in [5.41, 5.74) is 1.13. The predicted molar refractivity (Wildman–Crippen MR) is 79.7 cm³/mol. The lowest BCUT2D eigenvalue weighted by atomic mass is 10.1. The van der Waals surface area contributed by atoms with Gasteiger partial charge in [0.25, 0.3) is 0 Å². The molecular weight excluding hydrogens is 266 g/mol. The third-order valence-electron chi connectivity index (χ3n) is 3.43. The zero-order valence-corrected chi connectivity index (χ0v) is 12.3. The van der Waals surface area contributed by atoms with Crippen LogP contribution in [0.2, 0.25) is 0 Å². The van der Waals surface area contributed by atoms with Gasteiger partial charge < -0.3 is 15.4 Å². The van der Waals surface area contributed by atoms with Crippen LogP contribution in [0, 0.1) is 11.3 Å². The van der Waals surface area contributed by atoms with Gasteiger partial charge in [-0.05, 0) is 37.5 Å². The largest absolute Gasteiger partial charge is 0.479 e. The van der Waals surface area contributed by atoms with Crippen molar-refractivity contribution in [1.29, 1.82) is 5.26 Å². The molecule has 0 aromatic heterocycles. The summed E-state index contributed by atoms with van der Waals surface area (Å²) in [6, 6.07) is 10.2. The first-order valence-electron chi connectivity index (χ1n) is 7.31. The number of carbonyl (C=O) groups excluding carboxylic acids is 1. The van der Waals surface area contributed by atoms with Crippen molar-refractivity contribution in [3.63, 3.8) is 0 Å². The first kappa shape index (κ1) is 15.3. The number of hydrogen-bond acceptors (Lipinski definition) is 4. The Bertz CT molecular complexity index is 503. The second kappa shape index (κ2) is 7.65. The molecule has 1 aliphatic rings. The van der Waals surface area contributed by atoms with Crippen molar-refractivity contribution in [3.05, 3.63) is 29.8 Å². The lowest BCUT2D eigenvalue weighted by Gasteiger charge is -2.14. The van der Waals surface area contributed by atoms with E-state index in [-0.39, 0.29) is 18.6 Å². The van der Waals surface area contributed by atoms with E-state index < -0.39 is 0 Å². The number of rotatable bonds is 8. The molecule has 0 aliphatic heterocycles. The average Bonchev–Trinajstić information content (AvgIpc) is 3.29. The molecule has 112 valence electrons. The Morgan fingerprint density at radius 1 is 1.43 bits per heavy atom. The first-order valence-corrected chi connectivity index (χ1v) is 7.31. The van der Waals surface area contributed by atoms with Gasteiger partial charge in [-0.25, -0.2) is 0 Å². The van der Waals surface area contributed by atoms with Crippen molar-refractivity contribution >= 4 is 5.91 Å². The number of ether oxygens (including phenoxy) is 1. The first-order chi connectivity index (χ1) is 10.2. The predicted octanol–water partition coefficient (Wildman–Crippen LogP) is 1.91. The van der Waals surface area contributed by atoms with Gasteiger partial charge >= 0.3 is 0 Å². The van der Waals surface area contributed by atoms with Crippen LogP contribution in [0.5, 0.6) is 5.75 Å². The Kier molecular flexibility index (Phi) is 5.59. The molecule has 0 spiro atoms. The van der Waals surface area contributed by atoms with E-state index in [9.17, 15) is 4.79 Å². The topological polar surface area (TPSA) is 74.2 Å². The van der Waals surface area contributed by atoms with Crippen molar-refractivity contribution in [2.45, 2.75) is 38.3 Å². The van der Waals surface area contributed by atoms with Gasteiger partial charge in [0.15, 0.2) is 6.61 Å². The van der Waals surface area contributed by atoms with Crippen LogP contribution in [0.3, 0.4) is 0 Å². The monoisotopic (exact) mass is 287 g/mol. The van der Waals surface area contributed by atoms with E-state index in [2.05, 4.69) is 17.6 Å². The van der Waals surface area contributed by atoms with Crippen LogP contribution in [0.4, 0.5) is 0 Å². The second-order valence-electron chi connectivity index (χ2n) is 5.28. The zero-order valence-electron chi connectivity index (χ0n) is 12.3. The molecule has 5 nitrogen and oxygen atoms in total. The van der Waals surface area contributed by atoms with Crippen molar-refractivity contribution in [2.24, 2.45) is 0 Å². The lowest BCUT2D eigenvalue weighted by molar-refractivity contribution is -0.121. The average molecular weight is 287 g/mol. The number of nitriles is 1. The molecule has 21 heavy (non-hydrogen) atoms. The number of nitrogens with one attached hydrogen (secondary N) is 2. The van der Waals surface area contributed by atoms with Gasteiger partial charge in [0, 0.05) is 25.0 Å². The fourth-order valence-corrected chi connectivity index (χ4v) is 2.02. The number of amides is 1. The molecule has 0 saturated heterocycles. The van der Waals surface area contributed by atoms with Gasteiger partial charge in [0.1, 0.15) is 11.8 Å².